The lowest BCUT2D eigenvalue weighted by Gasteiger charge is -2.11. The Bertz CT molecular complexity index is 378. The second kappa shape index (κ2) is 4.53. The van der Waals surface area contributed by atoms with Crippen LogP contribution < -0.4 is 0 Å². The van der Waals surface area contributed by atoms with Gasteiger partial charge in [-0.15, -0.1) is 0 Å². The summed E-state index contributed by atoms with van der Waals surface area (Å²) in [5, 5.41) is -0.378. The number of hydrogen-bond acceptors (Lipinski definition) is 1. The van der Waals surface area contributed by atoms with Gasteiger partial charge in [0.2, 0.25) is 0 Å². The number of carbonyl (C=O) groups excluding carboxylic acids is 1. The van der Waals surface area contributed by atoms with Gasteiger partial charge in [-0.05, 0) is 17.7 Å². The number of benzene rings is 1. The molecular weight excluding hydrogens is 296 g/mol. The first-order valence-corrected chi connectivity index (χ1v) is 5.11. The highest BCUT2D eigenvalue weighted by molar-refractivity contribution is 9.09. The fourth-order valence-corrected chi connectivity index (χ4v) is 1.52. The molecule has 0 aliphatic carbocycles. The molecule has 0 amide bonds. The summed E-state index contributed by atoms with van der Waals surface area (Å²) in [6.45, 7) is 0. The van der Waals surface area contributed by atoms with Crippen molar-refractivity contribution in [3.05, 3.63) is 34.3 Å². The Labute approximate surface area is 97.4 Å². The minimum absolute atomic E-state index is 0.224. The number of halogens is 5. The fraction of sp³-hybridized carbons (Fsp3) is 0.222. The van der Waals surface area contributed by atoms with Crippen LogP contribution >= 0.6 is 27.5 Å². The van der Waals surface area contributed by atoms with Crippen molar-refractivity contribution in [1.29, 1.82) is 0 Å². The third-order valence-electron chi connectivity index (χ3n) is 1.73. The van der Waals surface area contributed by atoms with Gasteiger partial charge in [0.05, 0.1) is 15.4 Å². The summed E-state index contributed by atoms with van der Waals surface area (Å²) in [6, 6.07) is 3.35. The van der Waals surface area contributed by atoms with Crippen molar-refractivity contribution in [2.75, 3.05) is 0 Å². The average molecular weight is 301 g/mol. The molecule has 0 aliphatic heterocycles. The molecule has 0 bridgehead atoms. The number of hydrogen-bond donors (Lipinski definition) is 0. The normalized spacial score (nSPS) is 13.7. The fourth-order valence-electron chi connectivity index (χ4n) is 1.01. The molecule has 0 fully saturated rings. The molecule has 82 valence electrons. The van der Waals surface area contributed by atoms with E-state index in [2.05, 4.69) is 15.9 Å². The van der Waals surface area contributed by atoms with Crippen LogP contribution in [0.3, 0.4) is 0 Å². The van der Waals surface area contributed by atoms with Crippen LogP contribution in [0.25, 0.3) is 0 Å². The maximum atomic E-state index is 12.4. The largest absolute Gasteiger partial charge is 0.417 e. The number of alkyl halides is 4. The second-order valence-electron chi connectivity index (χ2n) is 2.77. The Balaban J connectivity index is 3.22. The first kappa shape index (κ1) is 12.5. The minimum Gasteiger partial charge on any atom is -0.302 e. The van der Waals surface area contributed by atoms with Crippen molar-refractivity contribution in [3.63, 3.8) is 0 Å². The van der Waals surface area contributed by atoms with Gasteiger partial charge in [0.25, 0.3) is 0 Å². The molecule has 0 radical (unpaired) electrons. The van der Waals surface area contributed by atoms with Gasteiger partial charge in [-0.3, -0.25) is 0 Å². The molecule has 0 spiro atoms. The molecular formula is C9H5BrClF3O. The summed E-state index contributed by atoms with van der Waals surface area (Å²) in [5.41, 5.74) is -0.713. The molecule has 0 aromatic heterocycles. The molecule has 15 heavy (non-hydrogen) atoms. The molecule has 6 heteroatoms. The van der Waals surface area contributed by atoms with Gasteiger partial charge in [-0.1, -0.05) is 33.6 Å². The molecule has 1 atom stereocenters. The topological polar surface area (TPSA) is 17.1 Å². The van der Waals surface area contributed by atoms with Gasteiger partial charge in [0.15, 0.2) is 0 Å². The minimum atomic E-state index is -4.51. The van der Waals surface area contributed by atoms with Crippen LogP contribution in [0.15, 0.2) is 18.2 Å². The summed E-state index contributed by atoms with van der Waals surface area (Å²) in [4.78, 5) is 9.64. The molecule has 1 aromatic rings. The molecule has 1 rings (SSSR count). The number of carbonyl (C=O) groups is 1. The lowest BCUT2D eigenvalue weighted by Crippen LogP contribution is -2.07. The highest BCUT2D eigenvalue weighted by atomic mass is 79.9. The summed E-state index contributed by atoms with van der Waals surface area (Å²) in [5.74, 6) is 0. The Morgan fingerprint density at radius 1 is 1.40 bits per heavy atom. The number of aldehydes is 1. The molecule has 1 aromatic carbocycles. The van der Waals surface area contributed by atoms with Crippen molar-refractivity contribution in [1.82, 2.24) is 0 Å². The third kappa shape index (κ3) is 2.95. The van der Waals surface area contributed by atoms with Crippen LogP contribution in [0.1, 0.15) is 16.0 Å². The Morgan fingerprint density at radius 3 is 2.47 bits per heavy atom. The monoisotopic (exact) mass is 300 g/mol. The van der Waals surface area contributed by atoms with Gasteiger partial charge in [-0.25, -0.2) is 0 Å². The predicted molar refractivity (Wildman–Crippen MR) is 54.2 cm³/mol. The van der Waals surface area contributed by atoms with Gasteiger partial charge in [-0.2, -0.15) is 13.2 Å². The van der Waals surface area contributed by atoms with E-state index in [0.717, 1.165) is 12.1 Å². The van der Waals surface area contributed by atoms with Crippen molar-refractivity contribution in [2.45, 2.75) is 11.0 Å². The first-order chi connectivity index (χ1) is 6.86. The summed E-state index contributed by atoms with van der Waals surface area (Å²) < 4.78 is 37.2. The third-order valence-corrected chi connectivity index (χ3v) is 2.81. The standard InChI is InChI=1S/C9H5BrClF3O/c10-7(4-15)5-1-2-8(11)6(3-5)9(12,13)14/h1-4,7H/t7-/m1/s1. The lowest BCUT2D eigenvalue weighted by atomic mass is 10.1. The molecule has 0 unspecified atom stereocenters. The highest BCUT2D eigenvalue weighted by Crippen LogP contribution is 2.36. The van der Waals surface area contributed by atoms with Crippen LogP contribution in [0.2, 0.25) is 5.02 Å². The molecule has 1 nitrogen and oxygen atoms in total. The van der Waals surface area contributed by atoms with Crippen molar-refractivity contribution >= 4 is 33.8 Å². The maximum Gasteiger partial charge on any atom is 0.417 e. The maximum absolute atomic E-state index is 12.4. The van der Waals surface area contributed by atoms with E-state index in [4.69, 9.17) is 11.6 Å². The van der Waals surface area contributed by atoms with Gasteiger partial charge in [0, 0.05) is 0 Å². The van der Waals surface area contributed by atoms with Crippen molar-refractivity contribution in [2.24, 2.45) is 0 Å². The lowest BCUT2D eigenvalue weighted by molar-refractivity contribution is -0.137. The van der Waals surface area contributed by atoms with Crippen LogP contribution in [0.4, 0.5) is 13.2 Å². The smallest absolute Gasteiger partial charge is 0.302 e. The van der Waals surface area contributed by atoms with E-state index in [9.17, 15) is 18.0 Å². The molecule has 0 N–H and O–H groups in total. The summed E-state index contributed by atoms with van der Waals surface area (Å²) in [6.07, 6.45) is -4.01. The number of rotatable bonds is 2. The van der Waals surface area contributed by atoms with E-state index < -0.39 is 16.6 Å². The van der Waals surface area contributed by atoms with Gasteiger partial charge < -0.3 is 4.79 Å². The van der Waals surface area contributed by atoms with E-state index >= 15 is 0 Å². The zero-order chi connectivity index (χ0) is 11.6. The van der Waals surface area contributed by atoms with Crippen LogP contribution in [0.5, 0.6) is 0 Å². The highest BCUT2D eigenvalue weighted by Gasteiger charge is 2.33. The van der Waals surface area contributed by atoms with Crippen LogP contribution in [0, 0.1) is 0 Å². The van der Waals surface area contributed by atoms with E-state index in [1.54, 1.807) is 0 Å². The Morgan fingerprint density at radius 2 is 2.00 bits per heavy atom. The quantitative estimate of drug-likeness (QED) is 0.596. The SMILES string of the molecule is O=C[C@@H](Br)c1ccc(Cl)c(C(F)(F)F)c1. The Kier molecular flexibility index (Phi) is 3.78. The first-order valence-electron chi connectivity index (χ1n) is 3.82. The van der Waals surface area contributed by atoms with Crippen molar-refractivity contribution in [3.8, 4) is 0 Å². The van der Waals surface area contributed by atoms with Crippen LogP contribution in [-0.2, 0) is 11.0 Å². The zero-order valence-electron chi connectivity index (χ0n) is 7.18. The van der Waals surface area contributed by atoms with Gasteiger partial charge in [0.1, 0.15) is 6.29 Å². The molecule has 0 saturated carbocycles. The van der Waals surface area contributed by atoms with Crippen LogP contribution in [-0.4, -0.2) is 6.29 Å². The van der Waals surface area contributed by atoms with Gasteiger partial charge >= 0.3 is 6.18 Å². The average Bonchev–Trinajstić information content (AvgIpc) is 2.15. The van der Waals surface area contributed by atoms with Crippen molar-refractivity contribution < 1.29 is 18.0 Å². The Hall–Kier alpha value is -0.550. The predicted octanol–water partition coefficient (Wildman–Crippen LogP) is 3.99. The van der Waals surface area contributed by atoms with E-state index in [1.165, 1.54) is 6.07 Å². The molecule has 0 saturated heterocycles. The zero-order valence-corrected chi connectivity index (χ0v) is 9.53. The van der Waals surface area contributed by atoms with E-state index in [0.29, 0.717) is 6.29 Å². The van der Waals surface area contributed by atoms with E-state index in [-0.39, 0.29) is 10.6 Å². The molecule has 0 aliphatic rings. The van der Waals surface area contributed by atoms with E-state index in [1.807, 2.05) is 0 Å². The summed E-state index contributed by atoms with van der Waals surface area (Å²) in [7, 11) is 0. The summed E-state index contributed by atoms with van der Waals surface area (Å²) >= 11 is 8.34. The second-order valence-corrected chi connectivity index (χ2v) is 4.17. The molecule has 0 heterocycles.